The minimum atomic E-state index is -0.211. The summed E-state index contributed by atoms with van der Waals surface area (Å²) >= 11 is 6.32. The summed E-state index contributed by atoms with van der Waals surface area (Å²) in [5, 5.41) is 4.07. The summed E-state index contributed by atoms with van der Waals surface area (Å²) in [7, 11) is 2.02. The van der Waals surface area contributed by atoms with Crippen LogP contribution in [0.1, 0.15) is 18.1 Å². The second-order valence-corrected chi connectivity index (χ2v) is 5.41. The summed E-state index contributed by atoms with van der Waals surface area (Å²) in [5.41, 5.74) is 3.24. The van der Waals surface area contributed by atoms with Crippen LogP contribution in [-0.2, 0) is 13.1 Å². The maximum Gasteiger partial charge on any atom is 0.123 e. The van der Waals surface area contributed by atoms with Gasteiger partial charge in [-0.3, -0.25) is 0 Å². The molecule has 0 fully saturated rings. The first-order chi connectivity index (χ1) is 10.1. The van der Waals surface area contributed by atoms with E-state index in [1.165, 1.54) is 12.1 Å². The van der Waals surface area contributed by atoms with E-state index in [1.54, 1.807) is 12.1 Å². The fourth-order valence-electron chi connectivity index (χ4n) is 2.28. The van der Waals surface area contributed by atoms with E-state index in [-0.39, 0.29) is 5.82 Å². The minimum Gasteiger partial charge on any atom is -0.370 e. The van der Waals surface area contributed by atoms with Crippen LogP contribution in [-0.4, -0.2) is 13.6 Å². The Kier molecular flexibility index (Phi) is 5.59. The zero-order valence-electron chi connectivity index (χ0n) is 12.4. The van der Waals surface area contributed by atoms with Gasteiger partial charge in [0.25, 0.3) is 0 Å². The number of nitrogens with one attached hydrogen (secondary N) is 1. The monoisotopic (exact) mass is 306 g/mol. The highest BCUT2D eigenvalue weighted by Gasteiger charge is 2.11. The van der Waals surface area contributed by atoms with E-state index in [9.17, 15) is 4.39 Å². The Labute approximate surface area is 130 Å². The first-order valence-electron chi connectivity index (χ1n) is 7.05. The zero-order chi connectivity index (χ0) is 15.2. The molecule has 0 radical (unpaired) electrons. The van der Waals surface area contributed by atoms with Gasteiger partial charge in [0.1, 0.15) is 5.82 Å². The molecule has 0 aromatic heterocycles. The number of anilines is 1. The molecule has 0 unspecified atom stereocenters. The average molecular weight is 307 g/mol. The molecule has 0 aliphatic rings. The molecule has 2 aromatic carbocycles. The number of rotatable bonds is 6. The molecule has 2 nitrogen and oxygen atoms in total. The molecule has 0 aliphatic heterocycles. The van der Waals surface area contributed by atoms with Crippen molar-refractivity contribution >= 4 is 17.3 Å². The van der Waals surface area contributed by atoms with Crippen LogP contribution in [0.4, 0.5) is 10.1 Å². The van der Waals surface area contributed by atoms with Crippen molar-refractivity contribution < 1.29 is 4.39 Å². The molecule has 0 aliphatic carbocycles. The number of nitrogens with zero attached hydrogens (tertiary/aromatic N) is 1. The largest absolute Gasteiger partial charge is 0.370 e. The molecule has 0 heterocycles. The van der Waals surface area contributed by atoms with Gasteiger partial charge in [0, 0.05) is 36.4 Å². The third kappa shape index (κ3) is 4.19. The second kappa shape index (κ2) is 7.43. The molecule has 2 aromatic rings. The van der Waals surface area contributed by atoms with Crippen molar-refractivity contribution in [1.29, 1.82) is 0 Å². The summed E-state index contributed by atoms with van der Waals surface area (Å²) in [6.07, 6.45) is 0. The van der Waals surface area contributed by atoms with Gasteiger partial charge in [0.15, 0.2) is 0 Å². The maximum atomic E-state index is 13.0. The van der Waals surface area contributed by atoms with Crippen molar-refractivity contribution in [2.45, 2.75) is 20.0 Å². The highest BCUT2D eigenvalue weighted by Crippen LogP contribution is 2.27. The third-order valence-corrected chi connectivity index (χ3v) is 3.74. The molecule has 21 heavy (non-hydrogen) atoms. The molecular weight excluding hydrogens is 287 g/mol. The lowest BCUT2D eigenvalue weighted by atomic mass is 10.1. The van der Waals surface area contributed by atoms with E-state index < -0.39 is 0 Å². The van der Waals surface area contributed by atoms with Crippen molar-refractivity contribution in [3.63, 3.8) is 0 Å². The van der Waals surface area contributed by atoms with Crippen molar-refractivity contribution in [2.24, 2.45) is 0 Å². The maximum absolute atomic E-state index is 13.0. The van der Waals surface area contributed by atoms with Crippen LogP contribution in [0.15, 0.2) is 42.5 Å². The quantitative estimate of drug-likeness (QED) is 0.859. The van der Waals surface area contributed by atoms with E-state index >= 15 is 0 Å². The molecule has 4 heteroatoms. The molecule has 0 amide bonds. The number of halogens is 2. The molecule has 0 saturated carbocycles. The number of benzene rings is 2. The lowest BCUT2D eigenvalue weighted by molar-refractivity contribution is 0.627. The van der Waals surface area contributed by atoms with Gasteiger partial charge in [0.2, 0.25) is 0 Å². The molecular formula is C17H20ClFN2. The van der Waals surface area contributed by atoms with Gasteiger partial charge in [-0.15, -0.1) is 0 Å². The molecule has 0 saturated heterocycles. The topological polar surface area (TPSA) is 15.3 Å². The standard InChI is InChI=1S/C17H20ClFN2/c1-3-20-11-15-16(18)5-4-6-17(15)21(2)12-13-7-9-14(19)10-8-13/h4-10,20H,3,11-12H2,1-2H3. The average Bonchev–Trinajstić information content (AvgIpc) is 2.48. The normalized spacial score (nSPS) is 10.7. The summed E-state index contributed by atoms with van der Waals surface area (Å²) in [5.74, 6) is -0.211. The first-order valence-corrected chi connectivity index (χ1v) is 7.43. The van der Waals surface area contributed by atoms with Crippen LogP contribution in [0.5, 0.6) is 0 Å². The lowest BCUT2D eigenvalue weighted by Gasteiger charge is -2.23. The van der Waals surface area contributed by atoms with Crippen molar-refractivity contribution in [3.05, 3.63) is 64.4 Å². The van der Waals surface area contributed by atoms with E-state index in [0.29, 0.717) is 6.54 Å². The van der Waals surface area contributed by atoms with Crippen molar-refractivity contribution in [1.82, 2.24) is 5.32 Å². The summed E-state index contributed by atoms with van der Waals surface area (Å²) < 4.78 is 13.0. The predicted molar refractivity (Wildman–Crippen MR) is 87.3 cm³/mol. The predicted octanol–water partition coefficient (Wildman–Crippen LogP) is 4.23. The van der Waals surface area contributed by atoms with E-state index in [4.69, 9.17) is 11.6 Å². The third-order valence-electron chi connectivity index (χ3n) is 3.39. The van der Waals surface area contributed by atoms with Crippen LogP contribution < -0.4 is 10.2 Å². The van der Waals surface area contributed by atoms with Crippen LogP contribution in [0.25, 0.3) is 0 Å². The zero-order valence-corrected chi connectivity index (χ0v) is 13.1. The highest BCUT2D eigenvalue weighted by atomic mass is 35.5. The fourth-order valence-corrected chi connectivity index (χ4v) is 2.52. The molecule has 112 valence electrons. The Morgan fingerprint density at radius 1 is 1.14 bits per heavy atom. The summed E-state index contributed by atoms with van der Waals surface area (Å²) in [6.45, 7) is 4.41. The van der Waals surface area contributed by atoms with Crippen LogP contribution >= 0.6 is 11.6 Å². The summed E-state index contributed by atoms with van der Waals surface area (Å²) in [4.78, 5) is 2.13. The molecule has 2 rings (SSSR count). The van der Waals surface area contributed by atoms with Gasteiger partial charge in [-0.25, -0.2) is 4.39 Å². The van der Waals surface area contributed by atoms with Crippen LogP contribution in [0.3, 0.4) is 0 Å². The van der Waals surface area contributed by atoms with Crippen molar-refractivity contribution in [3.8, 4) is 0 Å². The molecule has 0 atom stereocenters. The van der Waals surface area contributed by atoms with Gasteiger partial charge in [-0.1, -0.05) is 36.7 Å². The fraction of sp³-hybridized carbons (Fsp3) is 0.294. The molecule has 0 bridgehead atoms. The van der Waals surface area contributed by atoms with Gasteiger partial charge in [0.05, 0.1) is 0 Å². The van der Waals surface area contributed by atoms with Gasteiger partial charge >= 0.3 is 0 Å². The summed E-state index contributed by atoms with van der Waals surface area (Å²) in [6, 6.07) is 12.5. The van der Waals surface area contributed by atoms with E-state index in [2.05, 4.69) is 23.2 Å². The smallest absolute Gasteiger partial charge is 0.123 e. The Balaban J connectivity index is 2.19. The Bertz CT molecular complexity index is 584. The van der Waals surface area contributed by atoms with Crippen LogP contribution in [0, 0.1) is 5.82 Å². The van der Waals surface area contributed by atoms with Crippen LogP contribution in [0.2, 0.25) is 5.02 Å². The molecule has 0 spiro atoms. The second-order valence-electron chi connectivity index (χ2n) is 5.00. The van der Waals surface area contributed by atoms with Gasteiger partial charge < -0.3 is 10.2 Å². The lowest BCUT2D eigenvalue weighted by Crippen LogP contribution is -2.21. The molecule has 1 N–H and O–H groups in total. The number of hydrogen-bond donors (Lipinski definition) is 1. The van der Waals surface area contributed by atoms with Gasteiger partial charge in [-0.2, -0.15) is 0 Å². The SMILES string of the molecule is CCNCc1c(Cl)cccc1N(C)Cc1ccc(F)cc1. The Hall–Kier alpha value is -1.58. The Morgan fingerprint density at radius 3 is 2.52 bits per heavy atom. The minimum absolute atomic E-state index is 0.211. The number of hydrogen-bond acceptors (Lipinski definition) is 2. The van der Waals surface area contributed by atoms with E-state index in [1.807, 2.05) is 19.2 Å². The highest BCUT2D eigenvalue weighted by molar-refractivity contribution is 6.31. The van der Waals surface area contributed by atoms with Crippen molar-refractivity contribution in [2.75, 3.05) is 18.5 Å². The van der Waals surface area contributed by atoms with E-state index in [0.717, 1.165) is 34.9 Å². The van der Waals surface area contributed by atoms with Gasteiger partial charge in [-0.05, 0) is 36.4 Å². The Morgan fingerprint density at radius 2 is 1.86 bits per heavy atom. The first kappa shape index (κ1) is 15.8.